The Morgan fingerprint density at radius 1 is 1.10 bits per heavy atom. The SMILES string of the molecule is C[C@H]1CN(C)CCN1c1ccc(-c2cc(CN3CCOCC3)ccc2F)cc1NC(=O)c1c[nH]c(=O)cc1C(F)F. The van der Waals surface area contributed by atoms with Crippen LogP contribution in [0.15, 0.2) is 53.5 Å². The van der Waals surface area contributed by atoms with Gasteiger partial charge in [0.15, 0.2) is 0 Å². The van der Waals surface area contributed by atoms with Gasteiger partial charge in [0.2, 0.25) is 5.56 Å². The number of aromatic nitrogens is 1. The van der Waals surface area contributed by atoms with E-state index in [-0.39, 0.29) is 11.6 Å². The number of aromatic amines is 1. The predicted molar refractivity (Wildman–Crippen MR) is 152 cm³/mol. The Morgan fingerprint density at radius 3 is 2.61 bits per heavy atom. The van der Waals surface area contributed by atoms with Gasteiger partial charge in [0.1, 0.15) is 5.82 Å². The first-order valence-electron chi connectivity index (χ1n) is 13.7. The number of alkyl halides is 2. The van der Waals surface area contributed by atoms with E-state index in [0.29, 0.717) is 48.8 Å². The normalized spacial score (nSPS) is 18.6. The van der Waals surface area contributed by atoms with Crippen LogP contribution in [-0.4, -0.2) is 79.7 Å². The van der Waals surface area contributed by atoms with Crippen LogP contribution in [0.25, 0.3) is 11.1 Å². The minimum Gasteiger partial charge on any atom is -0.379 e. The Bertz CT molecular complexity index is 1460. The standard InChI is InChI=1S/C30H34F3N5O3/c1-19-17-36(2)7-8-38(19)27-6-4-21(22-13-20(3-5-25(22)31)18-37-9-11-41-12-10-37)14-26(27)35-30(40)24-16-34-28(39)15-23(24)29(32)33/h3-6,13-16,19,29H,7-12,17-18H2,1-2H3,(H,34,39)(H,35,40)/t19-/m0/s1. The smallest absolute Gasteiger partial charge is 0.264 e. The summed E-state index contributed by atoms with van der Waals surface area (Å²) in [7, 11) is 2.04. The number of nitrogens with one attached hydrogen (secondary N) is 2. The van der Waals surface area contributed by atoms with Crippen LogP contribution in [0.4, 0.5) is 24.5 Å². The molecule has 11 heteroatoms. The molecule has 41 heavy (non-hydrogen) atoms. The van der Waals surface area contributed by atoms with Crippen LogP contribution in [0.2, 0.25) is 0 Å². The topological polar surface area (TPSA) is 80.9 Å². The number of carbonyl (C=O) groups excluding carboxylic acids is 1. The van der Waals surface area contributed by atoms with Crippen LogP contribution >= 0.6 is 0 Å². The van der Waals surface area contributed by atoms with Gasteiger partial charge in [0.25, 0.3) is 12.3 Å². The highest BCUT2D eigenvalue weighted by atomic mass is 19.3. The van der Waals surface area contributed by atoms with Crippen molar-refractivity contribution in [3.8, 4) is 11.1 Å². The number of nitrogens with zero attached hydrogens (tertiary/aromatic N) is 3. The van der Waals surface area contributed by atoms with Crippen molar-refractivity contribution in [1.82, 2.24) is 14.8 Å². The van der Waals surface area contributed by atoms with Crippen LogP contribution in [0.3, 0.4) is 0 Å². The maximum atomic E-state index is 15.2. The Hall–Kier alpha value is -3.67. The first-order valence-corrected chi connectivity index (χ1v) is 13.7. The summed E-state index contributed by atoms with van der Waals surface area (Å²) in [6.45, 7) is 7.91. The summed E-state index contributed by atoms with van der Waals surface area (Å²) >= 11 is 0. The molecule has 3 aromatic rings. The third-order valence-corrected chi connectivity index (χ3v) is 7.67. The minimum absolute atomic E-state index is 0.105. The fraction of sp³-hybridized carbons (Fsp3) is 0.400. The molecule has 2 aliphatic rings. The largest absolute Gasteiger partial charge is 0.379 e. The van der Waals surface area contributed by atoms with E-state index in [1.54, 1.807) is 18.2 Å². The summed E-state index contributed by atoms with van der Waals surface area (Å²) in [4.78, 5) is 33.9. The number of morpholine rings is 1. The molecule has 2 aromatic carbocycles. The van der Waals surface area contributed by atoms with Gasteiger partial charge in [-0.05, 0) is 49.4 Å². The maximum absolute atomic E-state index is 15.2. The number of halogens is 3. The number of likely N-dealkylation sites (N-methyl/N-ethyl adjacent to an activating group) is 1. The second kappa shape index (κ2) is 12.5. The van der Waals surface area contributed by atoms with E-state index in [9.17, 15) is 18.4 Å². The molecule has 2 N–H and O–H groups in total. The molecule has 1 aromatic heterocycles. The highest BCUT2D eigenvalue weighted by molar-refractivity contribution is 6.07. The van der Waals surface area contributed by atoms with Gasteiger partial charge in [-0.15, -0.1) is 0 Å². The summed E-state index contributed by atoms with van der Waals surface area (Å²) in [5, 5.41) is 2.79. The molecule has 218 valence electrons. The summed E-state index contributed by atoms with van der Waals surface area (Å²) in [6.07, 6.45) is -2.01. The number of anilines is 2. The Labute approximate surface area is 236 Å². The fourth-order valence-corrected chi connectivity index (χ4v) is 5.52. The number of hydrogen-bond acceptors (Lipinski definition) is 6. The molecule has 0 aliphatic carbocycles. The lowest BCUT2D eigenvalue weighted by Crippen LogP contribution is -2.50. The van der Waals surface area contributed by atoms with E-state index in [0.717, 1.165) is 44.0 Å². The quantitative estimate of drug-likeness (QED) is 0.441. The molecule has 8 nitrogen and oxygen atoms in total. The molecular weight excluding hydrogens is 535 g/mol. The van der Waals surface area contributed by atoms with Crippen LogP contribution < -0.4 is 15.8 Å². The number of H-pyrrole nitrogens is 1. The highest BCUT2D eigenvalue weighted by Crippen LogP contribution is 2.36. The van der Waals surface area contributed by atoms with E-state index < -0.39 is 29.3 Å². The van der Waals surface area contributed by atoms with Crippen molar-refractivity contribution in [2.24, 2.45) is 0 Å². The number of benzene rings is 2. The first kappa shape index (κ1) is 28.8. The van der Waals surface area contributed by atoms with Crippen molar-refractivity contribution < 1.29 is 22.7 Å². The summed E-state index contributed by atoms with van der Waals surface area (Å²) in [5.74, 6) is -1.20. The van der Waals surface area contributed by atoms with Gasteiger partial charge in [-0.25, -0.2) is 13.2 Å². The van der Waals surface area contributed by atoms with E-state index in [4.69, 9.17) is 4.74 Å². The van der Waals surface area contributed by atoms with Crippen LogP contribution in [0.1, 0.15) is 34.8 Å². The maximum Gasteiger partial charge on any atom is 0.264 e. The second-order valence-electron chi connectivity index (χ2n) is 10.7. The molecule has 0 saturated carbocycles. The third kappa shape index (κ3) is 6.64. The molecule has 2 aliphatic heterocycles. The zero-order chi connectivity index (χ0) is 29.1. The van der Waals surface area contributed by atoms with Crippen LogP contribution in [0.5, 0.6) is 0 Å². The predicted octanol–water partition coefficient (Wildman–Crippen LogP) is 4.34. The molecule has 0 spiro atoms. The number of hydrogen-bond donors (Lipinski definition) is 2. The Morgan fingerprint density at radius 2 is 1.88 bits per heavy atom. The number of rotatable bonds is 7. The van der Waals surface area contributed by atoms with Crippen LogP contribution in [-0.2, 0) is 11.3 Å². The van der Waals surface area contributed by atoms with Gasteiger partial charge >= 0.3 is 0 Å². The summed E-state index contributed by atoms with van der Waals surface area (Å²) in [6, 6.07) is 11.2. The molecule has 0 radical (unpaired) electrons. The lowest BCUT2D eigenvalue weighted by molar-refractivity contribution is 0.0342. The van der Waals surface area contributed by atoms with Crippen molar-refractivity contribution in [2.45, 2.75) is 25.9 Å². The van der Waals surface area contributed by atoms with E-state index in [2.05, 4.69) is 31.9 Å². The highest BCUT2D eigenvalue weighted by Gasteiger charge is 2.26. The van der Waals surface area contributed by atoms with Crippen molar-refractivity contribution in [2.75, 3.05) is 63.2 Å². The molecular formula is C30H34F3N5O3. The molecule has 0 bridgehead atoms. The van der Waals surface area contributed by atoms with Crippen molar-refractivity contribution in [3.63, 3.8) is 0 Å². The molecule has 1 amide bonds. The summed E-state index contributed by atoms with van der Waals surface area (Å²) < 4.78 is 48.0. The molecule has 0 unspecified atom stereocenters. The number of pyridine rings is 1. The monoisotopic (exact) mass is 569 g/mol. The lowest BCUT2D eigenvalue weighted by Gasteiger charge is -2.40. The van der Waals surface area contributed by atoms with E-state index in [1.807, 2.05) is 19.2 Å². The Balaban J connectivity index is 1.52. The van der Waals surface area contributed by atoms with Gasteiger partial charge in [-0.1, -0.05) is 12.1 Å². The van der Waals surface area contributed by atoms with Gasteiger partial charge in [-0.2, -0.15) is 0 Å². The molecule has 2 fully saturated rings. The Kier molecular flexibility index (Phi) is 8.77. The third-order valence-electron chi connectivity index (χ3n) is 7.67. The summed E-state index contributed by atoms with van der Waals surface area (Å²) in [5.41, 5.74) is 1.23. The molecule has 2 saturated heterocycles. The van der Waals surface area contributed by atoms with Crippen LogP contribution in [0, 0.1) is 5.82 Å². The number of piperazine rings is 1. The molecule has 1 atom stereocenters. The van der Waals surface area contributed by atoms with Crippen molar-refractivity contribution in [1.29, 1.82) is 0 Å². The minimum atomic E-state index is -3.01. The van der Waals surface area contributed by atoms with Gasteiger partial charge in [-0.3, -0.25) is 14.5 Å². The zero-order valence-corrected chi connectivity index (χ0v) is 23.1. The average molecular weight is 570 g/mol. The first-order chi connectivity index (χ1) is 19.7. The zero-order valence-electron chi connectivity index (χ0n) is 23.1. The van der Waals surface area contributed by atoms with Crippen molar-refractivity contribution in [3.05, 3.63) is 81.5 Å². The number of carbonyl (C=O) groups is 1. The van der Waals surface area contributed by atoms with Crippen molar-refractivity contribution >= 4 is 17.3 Å². The molecule has 5 rings (SSSR count). The molecule has 3 heterocycles. The van der Waals surface area contributed by atoms with Gasteiger partial charge in [0.05, 0.1) is 30.2 Å². The lowest BCUT2D eigenvalue weighted by atomic mass is 9.99. The second-order valence-corrected chi connectivity index (χ2v) is 10.7. The van der Waals surface area contributed by atoms with Gasteiger partial charge in [0, 0.05) is 68.7 Å². The van der Waals surface area contributed by atoms with E-state index in [1.165, 1.54) is 6.07 Å². The van der Waals surface area contributed by atoms with E-state index >= 15 is 4.39 Å². The average Bonchev–Trinajstić information content (AvgIpc) is 2.95. The number of amides is 1. The fourth-order valence-electron chi connectivity index (χ4n) is 5.52. The van der Waals surface area contributed by atoms with Gasteiger partial charge < -0.3 is 24.8 Å². The number of ether oxygens (including phenoxy) is 1.